The summed E-state index contributed by atoms with van der Waals surface area (Å²) in [4.78, 5) is 12.0. The highest BCUT2D eigenvalue weighted by Crippen LogP contribution is 2.28. The van der Waals surface area contributed by atoms with E-state index in [1.54, 1.807) is 6.92 Å². The maximum atomic E-state index is 12.0. The third-order valence-corrected chi connectivity index (χ3v) is 3.79. The summed E-state index contributed by atoms with van der Waals surface area (Å²) >= 11 is 6.79. The molecule has 0 fully saturated rings. The summed E-state index contributed by atoms with van der Waals surface area (Å²) in [5.41, 5.74) is 0. The van der Waals surface area contributed by atoms with Crippen LogP contribution in [0, 0.1) is 0 Å². The molecule has 1 rings (SSSR count). The summed E-state index contributed by atoms with van der Waals surface area (Å²) in [6.45, 7) is 5.85. The molecule has 0 aliphatic carbocycles. The lowest BCUT2D eigenvalue weighted by atomic mass is 10.2. The Morgan fingerprint density at radius 3 is 2.63 bits per heavy atom. The van der Waals surface area contributed by atoms with Gasteiger partial charge in [0.25, 0.3) is 5.91 Å². The van der Waals surface area contributed by atoms with Gasteiger partial charge in [0.2, 0.25) is 0 Å². The third kappa shape index (κ3) is 5.53. The third-order valence-electron chi connectivity index (χ3n) is 2.68. The fraction of sp³-hybridized carbons (Fsp3) is 0.500. The van der Waals surface area contributed by atoms with Gasteiger partial charge in [-0.15, -0.1) is 0 Å². The molecule has 0 saturated carbocycles. The average molecular weight is 393 g/mol. The number of hydrogen-bond donors (Lipinski definition) is 1. The zero-order valence-corrected chi connectivity index (χ0v) is 14.5. The quantitative estimate of drug-likeness (QED) is 0.784. The lowest BCUT2D eigenvalue weighted by Crippen LogP contribution is -2.41. The summed E-state index contributed by atoms with van der Waals surface area (Å²) in [5.74, 6) is 0.574. The van der Waals surface area contributed by atoms with E-state index in [0.717, 1.165) is 21.8 Å². The maximum absolute atomic E-state index is 12.0. The largest absolute Gasteiger partial charge is 0.480 e. The lowest BCUT2D eigenvalue weighted by molar-refractivity contribution is -0.127. The molecule has 0 aliphatic heterocycles. The van der Waals surface area contributed by atoms with Crippen molar-refractivity contribution in [3.63, 3.8) is 0 Å². The molecule has 0 aromatic heterocycles. The van der Waals surface area contributed by atoms with E-state index in [-0.39, 0.29) is 11.9 Å². The molecule has 1 aromatic carbocycles. The first-order chi connectivity index (χ1) is 8.93. The van der Waals surface area contributed by atoms with E-state index in [1.807, 2.05) is 25.1 Å². The van der Waals surface area contributed by atoms with Crippen LogP contribution in [0.3, 0.4) is 0 Å². The number of carbonyl (C=O) groups excluding carboxylic acids is 1. The average Bonchev–Trinajstić information content (AvgIpc) is 2.32. The second-order valence-corrected chi connectivity index (χ2v) is 6.30. The number of halogens is 2. The summed E-state index contributed by atoms with van der Waals surface area (Å²) in [5, 5.41) is 2.94. The fourth-order valence-corrected chi connectivity index (χ4v) is 2.82. The second kappa shape index (κ2) is 7.90. The predicted molar refractivity (Wildman–Crippen MR) is 84.4 cm³/mol. The minimum absolute atomic E-state index is 0.0873. The SMILES string of the molecule is CCC[C@@H](C)NC(=O)[C@@H](C)Oc1ccc(Br)cc1Br. The Bertz CT molecular complexity index is 437. The van der Waals surface area contributed by atoms with Crippen molar-refractivity contribution >= 4 is 37.8 Å². The molecule has 5 heteroatoms. The minimum Gasteiger partial charge on any atom is -0.480 e. The summed E-state index contributed by atoms with van der Waals surface area (Å²) in [6.07, 6.45) is 1.51. The van der Waals surface area contributed by atoms with Gasteiger partial charge in [0, 0.05) is 10.5 Å². The molecule has 0 aliphatic rings. The van der Waals surface area contributed by atoms with Crippen molar-refractivity contribution in [1.29, 1.82) is 0 Å². The van der Waals surface area contributed by atoms with Crippen LogP contribution >= 0.6 is 31.9 Å². The molecular formula is C14H19Br2NO2. The molecule has 1 N–H and O–H groups in total. The number of hydrogen-bond acceptors (Lipinski definition) is 2. The van der Waals surface area contributed by atoms with Crippen molar-refractivity contribution in [1.82, 2.24) is 5.32 Å². The molecule has 1 amide bonds. The molecule has 0 spiro atoms. The van der Waals surface area contributed by atoms with Crippen LogP contribution in [0.1, 0.15) is 33.6 Å². The van der Waals surface area contributed by atoms with Crippen molar-refractivity contribution in [3.05, 3.63) is 27.1 Å². The maximum Gasteiger partial charge on any atom is 0.260 e. The first-order valence-corrected chi connectivity index (χ1v) is 7.94. The second-order valence-electron chi connectivity index (χ2n) is 4.53. The standard InChI is InChI=1S/C14H19Br2NO2/c1-4-5-9(2)17-14(18)10(3)19-13-7-6-11(15)8-12(13)16/h6-10H,4-5H2,1-3H3,(H,17,18)/t9-,10-/m1/s1. The van der Waals surface area contributed by atoms with E-state index < -0.39 is 6.10 Å². The van der Waals surface area contributed by atoms with Crippen molar-refractivity contribution in [2.75, 3.05) is 0 Å². The lowest BCUT2D eigenvalue weighted by Gasteiger charge is -2.19. The van der Waals surface area contributed by atoms with E-state index in [4.69, 9.17) is 4.74 Å². The molecule has 0 radical (unpaired) electrons. The van der Waals surface area contributed by atoms with Gasteiger partial charge in [-0.05, 0) is 54.4 Å². The topological polar surface area (TPSA) is 38.3 Å². The highest BCUT2D eigenvalue weighted by atomic mass is 79.9. The molecular weight excluding hydrogens is 374 g/mol. The van der Waals surface area contributed by atoms with Crippen LogP contribution in [0.15, 0.2) is 27.1 Å². The molecule has 1 aromatic rings. The number of benzene rings is 1. The highest BCUT2D eigenvalue weighted by molar-refractivity contribution is 9.11. The minimum atomic E-state index is -0.517. The Morgan fingerprint density at radius 2 is 2.05 bits per heavy atom. The first-order valence-electron chi connectivity index (χ1n) is 6.36. The Hall–Kier alpha value is -0.550. The van der Waals surface area contributed by atoms with Crippen LogP contribution < -0.4 is 10.1 Å². The van der Waals surface area contributed by atoms with E-state index in [2.05, 4.69) is 44.1 Å². The molecule has 0 heterocycles. The summed E-state index contributed by atoms with van der Waals surface area (Å²) < 4.78 is 7.44. The fourth-order valence-electron chi connectivity index (χ4n) is 1.68. The predicted octanol–water partition coefficient (Wildman–Crippen LogP) is 4.28. The van der Waals surface area contributed by atoms with E-state index in [1.165, 1.54) is 0 Å². The van der Waals surface area contributed by atoms with Crippen molar-refractivity contribution < 1.29 is 9.53 Å². The van der Waals surface area contributed by atoms with Gasteiger partial charge in [-0.3, -0.25) is 4.79 Å². The van der Waals surface area contributed by atoms with Gasteiger partial charge in [0.05, 0.1) is 4.47 Å². The van der Waals surface area contributed by atoms with Gasteiger partial charge in [-0.1, -0.05) is 29.3 Å². The van der Waals surface area contributed by atoms with Crippen molar-refractivity contribution in [2.24, 2.45) is 0 Å². The van der Waals surface area contributed by atoms with Crippen molar-refractivity contribution in [3.8, 4) is 5.75 Å². The number of carbonyl (C=O) groups is 1. The Kier molecular flexibility index (Phi) is 6.86. The molecule has 19 heavy (non-hydrogen) atoms. The van der Waals surface area contributed by atoms with Gasteiger partial charge in [0.1, 0.15) is 5.75 Å². The van der Waals surface area contributed by atoms with Crippen LogP contribution in [0.5, 0.6) is 5.75 Å². The van der Waals surface area contributed by atoms with Gasteiger partial charge in [-0.2, -0.15) is 0 Å². The van der Waals surface area contributed by atoms with Crippen LogP contribution in [-0.4, -0.2) is 18.1 Å². The van der Waals surface area contributed by atoms with Crippen LogP contribution in [-0.2, 0) is 4.79 Å². The molecule has 0 bridgehead atoms. The Balaban J connectivity index is 2.58. The van der Waals surface area contributed by atoms with E-state index in [9.17, 15) is 4.79 Å². The first kappa shape index (κ1) is 16.5. The number of rotatable bonds is 6. The zero-order chi connectivity index (χ0) is 14.4. The normalized spacial score (nSPS) is 13.7. The molecule has 106 valence electrons. The number of nitrogens with one attached hydrogen (secondary N) is 1. The number of amides is 1. The van der Waals surface area contributed by atoms with Gasteiger partial charge in [0.15, 0.2) is 6.10 Å². The van der Waals surface area contributed by atoms with Crippen molar-refractivity contribution in [2.45, 2.75) is 45.8 Å². The summed E-state index contributed by atoms with van der Waals surface area (Å²) in [6, 6.07) is 5.77. The monoisotopic (exact) mass is 391 g/mol. The molecule has 2 atom stereocenters. The Morgan fingerprint density at radius 1 is 1.37 bits per heavy atom. The van der Waals surface area contributed by atoms with Gasteiger partial charge >= 0.3 is 0 Å². The van der Waals surface area contributed by atoms with Crippen LogP contribution in [0.2, 0.25) is 0 Å². The van der Waals surface area contributed by atoms with Gasteiger partial charge < -0.3 is 10.1 Å². The highest BCUT2D eigenvalue weighted by Gasteiger charge is 2.17. The summed E-state index contributed by atoms with van der Waals surface area (Å²) in [7, 11) is 0. The molecule has 0 saturated heterocycles. The van der Waals surface area contributed by atoms with Crippen LogP contribution in [0.25, 0.3) is 0 Å². The number of ether oxygens (including phenoxy) is 1. The zero-order valence-electron chi connectivity index (χ0n) is 11.4. The van der Waals surface area contributed by atoms with E-state index in [0.29, 0.717) is 5.75 Å². The van der Waals surface area contributed by atoms with Gasteiger partial charge in [-0.25, -0.2) is 0 Å². The smallest absolute Gasteiger partial charge is 0.260 e. The van der Waals surface area contributed by atoms with Crippen LogP contribution in [0.4, 0.5) is 0 Å². The molecule has 3 nitrogen and oxygen atoms in total. The van der Waals surface area contributed by atoms with E-state index >= 15 is 0 Å². The molecule has 0 unspecified atom stereocenters. The Labute approximate surface area is 131 Å².